The van der Waals surface area contributed by atoms with E-state index in [4.69, 9.17) is 15.4 Å². The molecular weight excluding hydrogens is 312 g/mol. The zero-order valence-corrected chi connectivity index (χ0v) is 13.7. The van der Waals surface area contributed by atoms with Crippen LogP contribution in [0.4, 0.5) is 0 Å². The summed E-state index contributed by atoms with van der Waals surface area (Å²) in [6, 6.07) is 3.37. The van der Waals surface area contributed by atoms with Gasteiger partial charge in [-0.1, -0.05) is 6.07 Å². The van der Waals surface area contributed by atoms with E-state index in [9.17, 15) is 8.42 Å². The van der Waals surface area contributed by atoms with Gasteiger partial charge in [-0.3, -0.25) is 0 Å². The molecule has 2 aromatic rings. The van der Waals surface area contributed by atoms with E-state index in [0.717, 1.165) is 23.4 Å². The summed E-state index contributed by atoms with van der Waals surface area (Å²) in [5, 5.41) is 0. The molecule has 0 unspecified atom stereocenters. The average Bonchev–Trinajstić information content (AvgIpc) is 2.83. The van der Waals surface area contributed by atoms with E-state index in [0.29, 0.717) is 5.75 Å². The predicted octanol–water partition coefficient (Wildman–Crippen LogP) is 3.03. The molecule has 0 amide bonds. The van der Waals surface area contributed by atoms with Gasteiger partial charge in [-0.25, -0.2) is 13.4 Å². The van der Waals surface area contributed by atoms with Gasteiger partial charge >= 0.3 is 0 Å². The van der Waals surface area contributed by atoms with Gasteiger partial charge in [-0.05, 0) is 38.0 Å². The lowest BCUT2D eigenvalue weighted by Gasteiger charge is -2.14. The van der Waals surface area contributed by atoms with Gasteiger partial charge < -0.3 is 9.30 Å². The highest BCUT2D eigenvalue weighted by Crippen LogP contribution is 2.32. The number of benzene rings is 1. The molecule has 0 saturated heterocycles. The van der Waals surface area contributed by atoms with Crippen molar-refractivity contribution in [3.05, 3.63) is 41.5 Å². The molecule has 2 rings (SSSR count). The third-order valence-electron chi connectivity index (χ3n) is 3.15. The van der Waals surface area contributed by atoms with Gasteiger partial charge in [0.1, 0.15) is 17.3 Å². The number of aromatic nitrogens is 2. The second-order valence-electron chi connectivity index (χ2n) is 4.81. The van der Waals surface area contributed by atoms with Gasteiger partial charge in [-0.2, -0.15) is 0 Å². The van der Waals surface area contributed by atoms with Gasteiger partial charge in [0, 0.05) is 17.2 Å². The summed E-state index contributed by atoms with van der Waals surface area (Å²) in [4.78, 5) is 4.06. The molecule has 0 aliphatic heterocycles. The van der Waals surface area contributed by atoms with E-state index < -0.39 is 9.05 Å². The van der Waals surface area contributed by atoms with Crippen molar-refractivity contribution >= 4 is 19.7 Å². The molecule has 0 N–H and O–H groups in total. The molecule has 0 radical (unpaired) electrons. The Labute approximate surface area is 128 Å². The van der Waals surface area contributed by atoms with Crippen LogP contribution in [0.25, 0.3) is 0 Å². The Morgan fingerprint density at radius 3 is 2.67 bits per heavy atom. The molecule has 0 bridgehead atoms. The fraction of sp³-hybridized carbons (Fsp3) is 0.357. The van der Waals surface area contributed by atoms with Crippen LogP contribution in [0.2, 0.25) is 0 Å². The minimum absolute atomic E-state index is 0.00392. The van der Waals surface area contributed by atoms with Crippen LogP contribution in [-0.4, -0.2) is 18.0 Å². The highest BCUT2D eigenvalue weighted by Gasteiger charge is 2.20. The van der Waals surface area contributed by atoms with Crippen molar-refractivity contribution in [3.8, 4) is 5.75 Å². The zero-order valence-electron chi connectivity index (χ0n) is 12.1. The molecule has 0 saturated carbocycles. The maximum atomic E-state index is 11.7. The first-order valence-electron chi connectivity index (χ1n) is 6.50. The SMILES string of the molecule is CCn1cncc1COc1c(C)cc(C)cc1S(=O)(=O)Cl. The van der Waals surface area contributed by atoms with Crippen LogP contribution in [0.3, 0.4) is 0 Å². The first-order valence-corrected chi connectivity index (χ1v) is 8.81. The maximum absolute atomic E-state index is 11.7. The predicted molar refractivity (Wildman–Crippen MR) is 81.2 cm³/mol. The maximum Gasteiger partial charge on any atom is 0.265 e. The van der Waals surface area contributed by atoms with Crippen LogP contribution >= 0.6 is 10.7 Å². The third kappa shape index (κ3) is 3.57. The Kier molecular flexibility index (Phi) is 4.58. The van der Waals surface area contributed by atoms with Crippen molar-refractivity contribution in [2.45, 2.75) is 38.8 Å². The molecule has 5 nitrogen and oxygen atoms in total. The Morgan fingerprint density at radius 2 is 2.05 bits per heavy atom. The monoisotopic (exact) mass is 328 g/mol. The molecular formula is C14H17ClN2O3S. The van der Waals surface area contributed by atoms with Crippen LogP contribution in [0.5, 0.6) is 5.75 Å². The van der Waals surface area contributed by atoms with Gasteiger partial charge in [0.15, 0.2) is 0 Å². The van der Waals surface area contributed by atoms with Crippen LogP contribution < -0.4 is 4.74 Å². The summed E-state index contributed by atoms with van der Waals surface area (Å²) < 4.78 is 31.1. The third-order valence-corrected chi connectivity index (χ3v) is 4.48. The van der Waals surface area contributed by atoms with E-state index >= 15 is 0 Å². The number of hydrogen-bond donors (Lipinski definition) is 0. The standard InChI is InChI=1S/C14H17ClN2O3S/c1-4-17-9-16-7-12(17)8-20-14-11(3)5-10(2)6-13(14)21(15,18)19/h5-7,9H,4,8H2,1-3H3. The summed E-state index contributed by atoms with van der Waals surface area (Å²) in [5.74, 6) is 0.291. The summed E-state index contributed by atoms with van der Waals surface area (Å²) >= 11 is 0. The first-order chi connectivity index (χ1) is 9.82. The fourth-order valence-corrected chi connectivity index (χ4v) is 3.29. The highest BCUT2D eigenvalue weighted by atomic mass is 35.7. The normalized spacial score (nSPS) is 11.6. The van der Waals surface area contributed by atoms with E-state index in [2.05, 4.69) is 4.98 Å². The Hall–Kier alpha value is -1.53. The van der Waals surface area contributed by atoms with E-state index in [1.807, 2.05) is 24.5 Å². The Balaban J connectivity index is 2.36. The second-order valence-corrected chi connectivity index (χ2v) is 7.34. The van der Waals surface area contributed by atoms with Gasteiger partial charge in [0.05, 0.1) is 18.2 Å². The first kappa shape index (κ1) is 15.9. The number of imidazole rings is 1. The lowest BCUT2D eigenvalue weighted by molar-refractivity contribution is 0.285. The fourth-order valence-electron chi connectivity index (χ4n) is 2.18. The smallest absolute Gasteiger partial charge is 0.265 e. The molecule has 0 spiro atoms. The summed E-state index contributed by atoms with van der Waals surface area (Å²) in [6.07, 6.45) is 3.40. The lowest BCUT2D eigenvalue weighted by Crippen LogP contribution is -2.07. The largest absolute Gasteiger partial charge is 0.486 e. The van der Waals surface area contributed by atoms with Crippen LogP contribution in [0.1, 0.15) is 23.7 Å². The second kappa shape index (κ2) is 6.07. The van der Waals surface area contributed by atoms with E-state index in [-0.39, 0.29) is 11.5 Å². The number of ether oxygens (including phenoxy) is 1. The van der Waals surface area contributed by atoms with Crippen LogP contribution in [0.15, 0.2) is 29.6 Å². The van der Waals surface area contributed by atoms with Crippen molar-refractivity contribution in [1.82, 2.24) is 9.55 Å². The topological polar surface area (TPSA) is 61.2 Å². The molecule has 0 aliphatic carbocycles. The van der Waals surface area contributed by atoms with Gasteiger partial charge in [-0.15, -0.1) is 0 Å². The van der Waals surface area contributed by atoms with E-state index in [1.165, 1.54) is 6.07 Å². The number of aryl methyl sites for hydroxylation is 3. The molecule has 7 heteroatoms. The summed E-state index contributed by atoms with van der Waals surface area (Å²) in [5.41, 5.74) is 2.42. The molecule has 0 aliphatic rings. The minimum Gasteiger partial charge on any atom is -0.486 e. The Bertz CT molecular complexity index is 754. The molecule has 1 aromatic heterocycles. The summed E-state index contributed by atoms with van der Waals surface area (Å²) in [6.45, 7) is 6.61. The quantitative estimate of drug-likeness (QED) is 0.791. The highest BCUT2D eigenvalue weighted by molar-refractivity contribution is 8.13. The number of halogens is 1. The van der Waals surface area contributed by atoms with Crippen LogP contribution in [-0.2, 0) is 22.2 Å². The van der Waals surface area contributed by atoms with Crippen molar-refractivity contribution in [2.75, 3.05) is 0 Å². The zero-order chi connectivity index (χ0) is 15.6. The Morgan fingerprint density at radius 1 is 1.33 bits per heavy atom. The van der Waals surface area contributed by atoms with E-state index in [1.54, 1.807) is 19.4 Å². The molecule has 21 heavy (non-hydrogen) atoms. The summed E-state index contributed by atoms with van der Waals surface area (Å²) in [7, 11) is 1.64. The number of hydrogen-bond acceptors (Lipinski definition) is 4. The molecule has 0 fully saturated rings. The number of nitrogens with zero attached hydrogens (tertiary/aromatic N) is 2. The van der Waals surface area contributed by atoms with Crippen molar-refractivity contribution in [2.24, 2.45) is 0 Å². The average molecular weight is 329 g/mol. The lowest BCUT2D eigenvalue weighted by atomic mass is 10.1. The van der Waals surface area contributed by atoms with Crippen LogP contribution in [0, 0.1) is 13.8 Å². The van der Waals surface area contributed by atoms with Gasteiger partial charge in [0.25, 0.3) is 9.05 Å². The minimum atomic E-state index is -3.86. The molecule has 114 valence electrons. The van der Waals surface area contributed by atoms with Crippen molar-refractivity contribution in [1.29, 1.82) is 0 Å². The number of rotatable bonds is 5. The molecule has 1 heterocycles. The van der Waals surface area contributed by atoms with Gasteiger partial charge in [0.2, 0.25) is 0 Å². The van der Waals surface area contributed by atoms with Crippen molar-refractivity contribution < 1.29 is 13.2 Å². The van der Waals surface area contributed by atoms with Crippen molar-refractivity contribution in [3.63, 3.8) is 0 Å². The molecule has 1 aromatic carbocycles. The molecule has 0 atom stereocenters.